The standard InChI is InChI=1S/C19H16Cl2N2O4/c20-14-3-2-13(7-15(14)21)22-19(25)12-6-18(24)23(9-12)8-11-1-4-16-17(5-11)27-10-26-16/h1-5,7,12H,6,8-10H2,(H,22,25). The summed E-state index contributed by atoms with van der Waals surface area (Å²) < 4.78 is 10.7. The molecule has 2 heterocycles. The van der Waals surface area contributed by atoms with Gasteiger partial charge in [0, 0.05) is 25.2 Å². The van der Waals surface area contributed by atoms with Crippen LogP contribution in [0.1, 0.15) is 12.0 Å². The highest BCUT2D eigenvalue weighted by atomic mass is 35.5. The predicted molar refractivity (Wildman–Crippen MR) is 101 cm³/mol. The van der Waals surface area contributed by atoms with Crippen LogP contribution in [0.2, 0.25) is 10.0 Å². The molecular weight excluding hydrogens is 391 g/mol. The van der Waals surface area contributed by atoms with Crippen molar-refractivity contribution in [3.8, 4) is 11.5 Å². The Balaban J connectivity index is 1.39. The summed E-state index contributed by atoms with van der Waals surface area (Å²) in [7, 11) is 0. The topological polar surface area (TPSA) is 67.9 Å². The second-order valence-electron chi connectivity index (χ2n) is 6.48. The van der Waals surface area contributed by atoms with Gasteiger partial charge in [-0.25, -0.2) is 0 Å². The summed E-state index contributed by atoms with van der Waals surface area (Å²) >= 11 is 11.9. The molecule has 140 valence electrons. The Morgan fingerprint density at radius 3 is 2.74 bits per heavy atom. The van der Waals surface area contributed by atoms with E-state index in [1.807, 2.05) is 18.2 Å². The van der Waals surface area contributed by atoms with Crippen LogP contribution in [0.3, 0.4) is 0 Å². The van der Waals surface area contributed by atoms with Gasteiger partial charge >= 0.3 is 0 Å². The molecule has 1 fully saturated rings. The summed E-state index contributed by atoms with van der Waals surface area (Å²) in [6.07, 6.45) is 0.178. The molecule has 1 N–H and O–H groups in total. The number of halogens is 2. The maximum atomic E-state index is 12.5. The van der Waals surface area contributed by atoms with Crippen LogP contribution in [0.25, 0.3) is 0 Å². The molecule has 4 rings (SSSR count). The summed E-state index contributed by atoms with van der Waals surface area (Å²) in [5.74, 6) is 0.691. The lowest BCUT2D eigenvalue weighted by atomic mass is 10.1. The minimum atomic E-state index is -0.416. The maximum absolute atomic E-state index is 12.5. The molecule has 1 atom stereocenters. The third-order valence-corrected chi connectivity index (χ3v) is 5.32. The van der Waals surface area contributed by atoms with Crippen LogP contribution in [-0.4, -0.2) is 30.1 Å². The first-order chi connectivity index (χ1) is 13.0. The van der Waals surface area contributed by atoms with E-state index in [1.54, 1.807) is 23.1 Å². The van der Waals surface area contributed by atoms with E-state index in [2.05, 4.69) is 5.32 Å². The highest BCUT2D eigenvalue weighted by Gasteiger charge is 2.34. The van der Waals surface area contributed by atoms with Crippen molar-refractivity contribution in [1.82, 2.24) is 4.90 Å². The third-order valence-electron chi connectivity index (χ3n) is 4.58. The van der Waals surface area contributed by atoms with Crippen molar-refractivity contribution in [1.29, 1.82) is 0 Å². The van der Waals surface area contributed by atoms with E-state index in [1.165, 1.54) is 0 Å². The Kier molecular flexibility index (Phi) is 4.85. The Morgan fingerprint density at radius 1 is 1.11 bits per heavy atom. The molecule has 6 nitrogen and oxygen atoms in total. The number of benzene rings is 2. The van der Waals surface area contributed by atoms with Crippen molar-refractivity contribution in [2.75, 3.05) is 18.7 Å². The number of ether oxygens (including phenoxy) is 2. The molecule has 0 aliphatic carbocycles. The molecule has 2 aromatic carbocycles. The number of hydrogen-bond acceptors (Lipinski definition) is 4. The first-order valence-electron chi connectivity index (χ1n) is 8.42. The number of nitrogens with zero attached hydrogens (tertiary/aromatic N) is 1. The first-order valence-corrected chi connectivity index (χ1v) is 9.17. The van der Waals surface area contributed by atoms with E-state index in [0.29, 0.717) is 40.3 Å². The van der Waals surface area contributed by atoms with Gasteiger partial charge in [-0.05, 0) is 35.9 Å². The zero-order valence-corrected chi connectivity index (χ0v) is 15.7. The Bertz CT molecular complexity index is 919. The SMILES string of the molecule is O=C(Nc1ccc(Cl)c(Cl)c1)C1CC(=O)N(Cc2ccc3c(c2)OCO3)C1. The number of likely N-dealkylation sites (tertiary alicyclic amines) is 1. The van der Waals surface area contributed by atoms with Crippen LogP contribution < -0.4 is 14.8 Å². The molecule has 0 radical (unpaired) electrons. The normalized spacial score (nSPS) is 18.1. The minimum absolute atomic E-state index is 0.0537. The van der Waals surface area contributed by atoms with Crippen LogP contribution in [0.4, 0.5) is 5.69 Å². The van der Waals surface area contributed by atoms with Gasteiger partial charge in [-0.3, -0.25) is 9.59 Å². The number of carbonyl (C=O) groups excluding carboxylic acids is 2. The highest BCUT2D eigenvalue weighted by molar-refractivity contribution is 6.42. The number of rotatable bonds is 4. The van der Waals surface area contributed by atoms with Crippen molar-refractivity contribution in [2.45, 2.75) is 13.0 Å². The van der Waals surface area contributed by atoms with Gasteiger partial charge in [0.25, 0.3) is 0 Å². The number of hydrogen-bond donors (Lipinski definition) is 1. The summed E-state index contributed by atoms with van der Waals surface area (Å²) in [6.45, 7) is 0.991. The van der Waals surface area contributed by atoms with E-state index < -0.39 is 5.92 Å². The fourth-order valence-corrected chi connectivity index (χ4v) is 3.48. The second kappa shape index (κ2) is 7.29. The van der Waals surface area contributed by atoms with E-state index in [4.69, 9.17) is 32.7 Å². The minimum Gasteiger partial charge on any atom is -0.454 e. The van der Waals surface area contributed by atoms with Crippen molar-refractivity contribution >= 4 is 40.7 Å². The molecule has 1 unspecified atom stereocenters. The van der Waals surface area contributed by atoms with Crippen LogP contribution in [0.5, 0.6) is 11.5 Å². The number of carbonyl (C=O) groups is 2. The number of amides is 2. The summed E-state index contributed by atoms with van der Waals surface area (Å²) in [5, 5.41) is 3.57. The molecule has 2 aliphatic heterocycles. The summed E-state index contributed by atoms with van der Waals surface area (Å²) in [5.41, 5.74) is 1.48. The number of anilines is 1. The molecule has 2 amide bonds. The van der Waals surface area contributed by atoms with Crippen LogP contribution >= 0.6 is 23.2 Å². The molecule has 0 saturated carbocycles. The Hall–Kier alpha value is -2.44. The predicted octanol–water partition coefficient (Wildman–Crippen LogP) is 3.71. The van der Waals surface area contributed by atoms with E-state index in [9.17, 15) is 9.59 Å². The fourth-order valence-electron chi connectivity index (χ4n) is 3.18. The summed E-state index contributed by atoms with van der Waals surface area (Å²) in [4.78, 5) is 26.5. The molecule has 2 aromatic rings. The van der Waals surface area contributed by atoms with Crippen LogP contribution in [0, 0.1) is 5.92 Å². The molecule has 1 saturated heterocycles. The summed E-state index contributed by atoms with van der Waals surface area (Å²) in [6, 6.07) is 10.5. The quantitative estimate of drug-likeness (QED) is 0.839. The second-order valence-corrected chi connectivity index (χ2v) is 7.30. The highest BCUT2D eigenvalue weighted by Crippen LogP contribution is 2.33. The lowest BCUT2D eigenvalue weighted by molar-refractivity contribution is -0.128. The van der Waals surface area contributed by atoms with Gasteiger partial charge < -0.3 is 19.7 Å². The molecule has 2 aliphatic rings. The van der Waals surface area contributed by atoms with Crippen LogP contribution in [0.15, 0.2) is 36.4 Å². The maximum Gasteiger partial charge on any atom is 0.231 e. The van der Waals surface area contributed by atoms with Gasteiger partial charge in [-0.1, -0.05) is 29.3 Å². The van der Waals surface area contributed by atoms with Gasteiger partial charge in [0.05, 0.1) is 16.0 Å². The first kappa shape index (κ1) is 17.9. The fraction of sp³-hybridized carbons (Fsp3) is 0.263. The van der Waals surface area contributed by atoms with Gasteiger partial charge in [-0.15, -0.1) is 0 Å². The largest absolute Gasteiger partial charge is 0.454 e. The average Bonchev–Trinajstić information content (AvgIpc) is 3.25. The van der Waals surface area contributed by atoms with Gasteiger partial charge in [-0.2, -0.15) is 0 Å². The number of fused-ring (bicyclic) bond motifs is 1. The van der Waals surface area contributed by atoms with Crippen LogP contribution in [-0.2, 0) is 16.1 Å². The molecular formula is C19H16Cl2N2O4. The zero-order valence-electron chi connectivity index (χ0n) is 14.2. The van der Waals surface area contributed by atoms with Gasteiger partial charge in [0.1, 0.15) is 0 Å². The van der Waals surface area contributed by atoms with E-state index in [0.717, 1.165) is 5.56 Å². The van der Waals surface area contributed by atoms with E-state index >= 15 is 0 Å². The molecule has 0 aromatic heterocycles. The smallest absolute Gasteiger partial charge is 0.231 e. The third kappa shape index (κ3) is 3.82. The Morgan fingerprint density at radius 2 is 1.93 bits per heavy atom. The Labute approximate surface area is 165 Å². The average molecular weight is 407 g/mol. The molecule has 8 heteroatoms. The van der Waals surface area contributed by atoms with Crippen molar-refractivity contribution < 1.29 is 19.1 Å². The number of nitrogens with one attached hydrogen (secondary N) is 1. The lowest BCUT2D eigenvalue weighted by Crippen LogP contribution is -2.28. The van der Waals surface area contributed by atoms with Gasteiger partial charge in [0.2, 0.25) is 18.6 Å². The van der Waals surface area contributed by atoms with Crippen molar-refractivity contribution in [2.24, 2.45) is 5.92 Å². The molecule has 0 spiro atoms. The van der Waals surface area contributed by atoms with Crippen molar-refractivity contribution in [3.05, 3.63) is 52.0 Å². The molecule has 0 bridgehead atoms. The monoisotopic (exact) mass is 406 g/mol. The zero-order chi connectivity index (χ0) is 19.0. The lowest BCUT2D eigenvalue weighted by Gasteiger charge is -2.17. The van der Waals surface area contributed by atoms with Gasteiger partial charge in [0.15, 0.2) is 11.5 Å². The molecule has 27 heavy (non-hydrogen) atoms. The van der Waals surface area contributed by atoms with Crippen molar-refractivity contribution in [3.63, 3.8) is 0 Å². The van der Waals surface area contributed by atoms with E-state index in [-0.39, 0.29) is 25.0 Å².